The van der Waals surface area contributed by atoms with Gasteiger partial charge in [0.25, 0.3) is 0 Å². The van der Waals surface area contributed by atoms with Crippen molar-refractivity contribution in [1.82, 2.24) is 19.6 Å². The van der Waals surface area contributed by atoms with E-state index in [-0.39, 0.29) is 39.5 Å². The molecule has 6 N–H and O–H groups in total. The largest absolute Gasteiger partial charge is 0.507 e. The number of aromatic nitrogens is 2. The molecular formula is C21H28Cl2N6O6S. The molecule has 0 spiro atoms. The fraction of sp³-hybridized carbons (Fsp3) is 0.476. The van der Waals surface area contributed by atoms with Gasteiger partial charge in [-0.05, 0) is 37.3 Å². The highest BCUT2D eigenvalue weighted by atomic mass is 35.5. The highest BCUT2D eigenvalue weighted by Gasteiger charge is 2.37. The number of carboxylic acid groups (broad SMARTS) is 1. The summed E-state index contributed by atoms with van der Waals surface area (Å²) in [6.45, 7) is 2.54. The van der Waals surface area contributed by atoms with Gasteiger partial charge in [-0.25, -0.2) is 18.2 Å². The number of carbonyl (C=O) groups is 2. The predicted molar refractivity (Wildman–Crippen MR) is 134 cm³/mol. The van der Waals surface area contributed by atoms with E-state index < -0.39 is 34.4 Å². The predicted octanol–water partition coefficient (Wildman–Crippen LogP) is 3.12. The summed E-state index contributed by atoms with van der Waals surface area (Å²) in [6.07, 6.45) is 2.10. The molecule has 0 saturated carbocycles. The minimum atomic E-state index is -4.25. The molecule has 1 aliphatic heterocycles. The molecule has 1 aliphatic rings. The SMILES string of the molecule is C[C@@H]1CCN(C(=O)[C@H](CCCNc2ncc[nH]2)NS(=O)(=O)c2cc(Cl)c(N)c(Cl)c2)[C@H](OC(=O)O)C1. The zero-order chi connectivity index (χ0) is 26.5. The number of nitrogens with two attached hydrogens (primary N) is 1. The lowest BCUT2D eigenvalue weighted by molar-refractivity contribution is -0.149. The summed E-state index contributed by atoms with van der Waals surface area (Å²) >= 11 is 12.0. The van der Waals surface area contributed by atoms with Gasteiger partial charge in [-0.2, -0.15) is 4.72 Å². The molecule has 36 heavy (non-hydrogen) atoms. The Morgan fingerprint density at radius 2 is 2.06 bits per heavy atom. The van der Waals surface area contributed by atoms with Gasteiger partial charge < -0.3 is 30.8 Å². The average Bonchev–Trinajstić information content (AvgIpc) is 3.32. The number of halogens is 2. The van der Waals surface area contributed by atoms with E-state index in [0.717, 1.165) is 12.1 Å². The van der Waals surface area contributed by atoms with Crippen molar-refractivity contribution in [3.63, 3.8) is 0 Å². The third-order valence-corrected chi connectivity index (χ3v) is 7.83. The van der Waals surface area contributed by atoms with Crippen LogP contribution in [0.25, 0.3) is 0 Å². The number of piperidine rings is 1. The van der Waals surface area contributed by atoms with E-state index in [1.54, 1.807) is 12.4 Å². The summed E-state index contributed by atoms with van der Waals surface area (Å²) in [4.78, 5) is 32.7. The Labute approximate surface area is 218 Å². The molecule has 1 fully saturated rings. The average molecular weight is 563 g/mol. The highest BCUT2D eigenvalue weighted by molar-refractivity contribution is 7.89. The van der Waals surface area contributed by atoms with E-state index in [4.69, 9.17) is 38.8 Å². The van der Waals surface area contributed by atoms with Crippen LogP contribution < -0.4 is 15.8 Å². The number of hydrogen-bond acceptors (Lipinski definition) is 8. The number of carbonyl (C=O) groups excluding carboxylic acids is 1. The van der Waals surface area contributed by atoms with Crippen molar-refractivity contribution in [2.75, 3.05) is 24.1 Å². The summed E-state index contributed by atoms with van der Waals surface area (Å²) in [6, 6.07) is 1.07. The number of amides is 1. The van der Waals surface area contributed by atoms with Crippen molar-refractivity contribution in [2.24, 2.45) is 5.92 Å². The maximum absolute atomic E-state index is 13.5. The first-order valence-corrected chi connectivity index (χ1v) is 13.4. The number of imidazole rings is 1. The number of H-pyrrole nitrogens is 1. The van der Waals surface area contributed by atoms with Gasteiger partial charge in [0.05, 0.1) is 20.6 Å². The zero-order valence-corrected chi connectivity index (χ0v) is 21.7. The number of likely N-dealkylation sites (tertiary alicyclic amines) is 1. The van der Waals surface area contributed by atoms with Gasteiger partial charge in [0.15, 0.2) is 12.2 Å². The van der Waals surface area contributed by atoms with Crippen LogP contribution in [0, 0.1) is 5.92 Å². The van der Waals surface area contributed by atoms with E-state index >= 15 is 0 Å². The molecular weight excluding hydrogens is 535 g/mol. The molecule has 0 aliphatic carbocycles. The number of aromatic amines is 1. The minimum absolute atomic E-state index is 0.0324. The Balaban J connectivity index is 1.82. The smallest absolute Gasteiger partial charge is 0.450 e. The van der Waals surface area contributed by atoms with Crippen molar-refractivity contribution in [2.45, 2.75) is 49.8 Å². The van der Waals surface area contributed by atoms with Crippen molar-refractivity contribution in [1.29, 1.82) is 0 Å². The molecule has 2 heterocycles. The Kier molecular flexibility index (Phi) is 9.28. The van der Waals surface area contributed by atoms with Gasteiger partial charge in [-0.15, -0.1) is 0 Å². The second kappa shape index (κ2) is 12.0. The molecule has 198 valence electrons. The van der Waals surface area contributed by atoms with E-state index in [1.165, 1.54) is 4.90 Å². The quantitative estimate of drug-likeness (QED) is 0.165. The van der Waals surface area contributed by atoms with Crippen LogP contribution in [-0.2, 0) is 19.6 Å². The van der Waals surface area contributed by atoms with Gasteiger partial charge in [0.2, 0.25) is 15.9 Å². The van der Waals surface area contributed by atoms with Crippen LogP contribution in [0.3, 0.4) is 0 Å². The van der Waals surface area contributed by atoms with Crippen LogP contribution in [0.1, 0.15) is 32.6 Å². The van der Waals surface area contributed by atoms with Crippen molar-refractivity contribution < 1.29 is 27.9 Å². The number of nitrogens with zero attached hydrogens (tertiary/aromatic N) is 2. The normalized spacial score (nSPS) is 19.0. The number of ether oxygens (including phenoxy) is 1. The molecule has 0 unspecified atom stereocenters. The van der Waals surface area contributed by atoms with Crippen LogP contribution in [0.5, 0.6) is 0 Å². The molecule has 3 rings (SSSR count). The summed E-state index contributed by atoms with van der Waals surface area (Å²) in [5.41, 5.74) is 5.74. The number of nitrogens with one attached hydrogen (secondary N) is 3. The standard InChI is InChI=1S/C21H28Cl2N6O6S/c1-12-4-8-29(17(9-12)35-21(31)32)19(30)16(3-2-5-25-20-26-6-7-27-20)28-36(33,34)13-10-14(22)18(24)15(23)11-13/h6-7,10-12,16-17,28H,2-5,8-9,24H2,1H3,(H,31,32)(H2,25,26,27)/t12-,16+,17-/m1/s1. The van der Waals surface area contributed by atoms with Crippen LogP contribution >= 0.6 is 23.2 Å². The second-order valence-electron chi connectivity index (χ2n) is 8.48. The van der Waals surface area contributed by atoms with E-state index in [0.29, 0.717) is 31.8 Å². The molecule has 1 aromatic heterocycles. The molecule has 0 radical (unpaired) electrons. The molecule has 1 amide bonds. The van der Waals surface area contributed by atoms with Crippen LogP contribution in [0.2, 0.25) is 10.0 Å². The number of benzene rings is 1. The lowest BCUT2D eigenvalue weighted by Crippen LogP contribution is -2.55. The van der Waals surface area contributed by atoms with Gasteiger partial charge in [0.1, 0.15) is 6.04 Å². The first-order chi connectivity index (χ1) is 17.0. The van der Waals surface area contributed by atoms with Crippen molar-refractivity contribution >= 4 is 56.9 Å². The molecule has 1 aromatic carbocycles. The summed E-state index contributed by atoms with van der Waals surface area (Å²) in [7, 11) is -4.25. The Morgan fingerprint density at radius 3 is 2.67 bits per heavy atom. The van der Waals surface area contributed by atoms with Gasteiger partial charge in [-0.3, -0.25) is 4.79 Å². The third-order valence-electron chi connectivity index (χ3n) is 5.75. The zero-order valence-electron chi connectivity index (χ0n) is 19.4. The minimum Gasteiger partial charge on any atom is -0.450 e. The second-order valence-corrected chi connectivity index (χ2v) is 11.0. The number of nitrogen functional groups attached to an aromatic ring is 1. The van der Waals surface area contributed by atoms with Crippen molar-refractivity contribution in [3.8, 4) is 0 Å². The van der Waals surface area contributed by atoms with Crippen LogP contribution in [0.4, 0.5) is 16.4 Å². The maximum Gasteiger partial charge on any atom is 0.507 e. The number of hydrogen-bond donors (Lipinski definition) is 5. The molecule has 12 nitrogen and oxygen atoms in total. The van der Waals surface area contributed by atoms with Gasteiger partial charge in [-0.1, -0.05) is 30.1 Å². The lowest BCUT2D eigenvalue weighted by atomic mass is 9.96. The monoisotopic (exact) mass is 562 g/mol. The first-order valence-electron chi connectivity index (χ1n) is 11.2. The number of sulfonamides is 1. The van der Waals surface area contributed by atoms with Crippen LogP contribution in [0.15, 0.2) is 29.4 Å². The van der Waals surface area contributed by atoms with E-state index in [1.807, 2.05) is 6.92 Å². The van der Waals surface area contributed by atoms with Crippen LogP contribution in [-0.4, -0.2) is 65.8 Å². The molecule has 15 heteroatoms. The Bertz CT molecular complexity index is 1160. The fourth-order valence-electron chi connectivity index (χ4n) is 3.85. The number of anilines is 2. The maximum atomic E-state index is 13.5. The molecule has 0 bridgehead atoms. The van der Waals surface area contributed by atoms with Crippen molar-refractivity contribution in [3.05, 3.63) is 34.6 Å². The van der Waals surface area contributed by atoms with E-state index in [2.05, 4.69) is 20.0 Å². The Hall–Kier alpha value is -2.74. The van der Waals surface area contributed by atoms with Gasteiger partial charge in [0, 0.05) is 31.9 Å². The lowest BCUT2D eigenvalue weighted by Gasteiger charge is -2.38. The Morgan fingerprint density at radius 1 is 1.36 bits per heavy atom. The third kappa shape index (κ3) is 7.15. The fourth-order valence-corrected chi connectivity index (χ4v) is 5.74. The number of rotatable bonds is 10. The molecule has 2 aromatic rings. The summed E-state index contributed by atoms with van der Waals surface area (Å²) < 4.78 is 33.7. The topological polar surface area (TPSA) is 180 Å². The van der Waals surface area contributed by atoms with E-state index in [9.17, 15) is 18.0 Å². The summed E-state index contributed by atoms with van der Waals surface area (Å²) in [5.74, 6) is 0.0667. The van der Waals surface area contributed by atoms with Gasteiger partial charge >= 0.3 is 6.16 Å². The first kappa shape index (κ1) is 27.8. The summed E-state index contributed by atoms with van der Waals surface area (Å²) in [5, 5.41) is 12.1. The molecule has 3 atom stereocenters. The molecule has 1 saturated heterocycles. The highest BCUT2D eigenvalue weighted by Crippen LogP contribution is 2.31.